The number of nitrogens with two attached hydrogens (primary N) is 3. The summed E-state index contributed by atoms with van der Waals surface area (Å²) in [5, 5.41) is 29.7. The number of fused-ring (bicyclic) bond motifs is 2. The maximum atomic E-state index is 15.2. The van der Waals surface area contributed by atoms with Crippen LogP contribution in [0.25, 0.3) is 21.7 Å². The molecule has 85 heavy (non-hydrogen) atoms. The van der Waals surface area contributed by atoms with Gasteiger partial charge in [-0.3, -0.25) is 43.3 Å². The van der Waals surface area contributed by atoms with Gasteiger partial charge in [-0.1, -0.05) is 100 Å². The van der Waals surface area contributed by atoms with E-state index in [9.17, 15) is 51.8 Å². The average Bonchev–Trinajstić information content (AvgIpc) is 3.29. The molecule has 0 unspecified atom stereocenters. The number of unbranched alkanes of at least 4 members (excludes halogenated alkanes) is 1. The van der Waals surface area contributed by atoms with Crippen molar-refractivity contribution in [2.75, 3.05) is 25.1 Å². The lowest BCUT2D eigenvalue weighted by molar-refractivity contribution is -0.143. The summed E-state index contributed by atoms with van der Waals surface area (Å²) < 4.78 is 40.2. The van der Waals surface area contributed by atoms with Crippen molar-refractivity contribution >= 4 is 90.5 Å². The van der Waals surface area contributed by atoms with Crippen LogP contribution in [0.2, 0.25) is 0 Å². The maximum absolute atomic E-state index is 15.2. The van der Waals surface area contributed by atoms with Crippen molar-refractivity contribution < 1.29 is 56.6 Å². The van der Waals surface area contributed by atoms with Crippen LogP contribution in [0.5, 0.6) is 0 Å². The van der Waals surface area contributed by atoms with Gasteiger partial charge < -0.3 is 64.1 Å². The van der Waals surface area contributed by atoms with Crippen molar-refractivity contribution in [2.45, 2.75) is 112 Å². The summed E-state index contributed by atoms with van der Waals surface area (Å²) in [6, 6.07) is 15.7. The van der Waals surface area contributed by atoms with E-state index < -0.39 is 113 Å². The highest BCUT2D eigenvalue weighted by molar-refractivity contribution is 8.76. The number of benzene rings is 4. The predicted molar refractivity (Wildman–Crippen MR) is 318 cm³/mol. The Hall–Kier alpha value is -8.04. The summed E-state index contributed by atoms with van der Waals surface area (Å²) in [7, 11) is 3.21. The molecular formula is C59H69F3N12O9S2. The number of aliphatic hydroxyl groups excluding tert-OH is 1. The third kappa shape index (κ3) is 18.0. The number of halogens is 3. The second-order valence-corrected chi connectivity index (χ2v) is 23.3. The summed E-state index contributed by atoms with van der Waals surface area (Å²) in [5.41, 5.74) is 19.9. The molecule has 0 saturated carbocycles. The van der Waals surface area contributed by atoms with Crippen LogP contribution in [0.15, 0.2) is 122 Å². The van der Waals surface area contributed by atoms with E-state index in [2.05, 4.69) is 41.9 Å². The second kappa shape index (κ2) is 30.2. The molecule has 0 aliphatic carbocycles. The first-order chi connectivity index (χ1) is 40.6. The number of hydrogen-bond acceptors (Lipinski definition) is 14. The first-order valence-corrected chi connectivity index (χ1v) is 29.9. The Morgan fingerprint density at radius 3 is 2.16 bits per heavy atom. The number of likely N-dealkylation sites (N-methyl/N-ethyl adjacent to an activating group) is 1. The summed E-state index contributed by atoms with van der Waals surface area (Å²) in [5.74, 6) is -7.80. The van der Waals surface area contributed by atoms with Crippen LogP contribution >= 0.6 is 21.6 Å². The minimum absolute atomic E-state index is 0.00141. The molecule has 1 aliphatic rings. The fourth-order valence-corrected chi connectivity index (χ4v) is 12.0. The van der Waals surface area contributed by atoms with Gasteiger partial charge in [0.15, 0.2) is 0 Å². The SMILES string of the molecule is C[C@@H](O)[C@H]1NC(=O)[C@H](CCCCN)N(C)C(=O)[C@@H](Cc2c[nH]c3ccccc23)NC(=O)[C@H](Cc2cccnc2)NC(=O)[C@@H](NC(=O)[C@@H](N)Cc2ccc(C(F)(F)F)cc2)CSSC[C@H](C(=O)N[C@@H](Cc2ccc3ccccc3c2)C(N)=O)NC1=O. The predicted octanol–water partition coefficient (Wildman–Crippen LogP) is 2.46. The van der Waals surface area contributed by atoms with Crippen molar-refractivity contribution in [2.24, 2.45) is 17.2 Å². The molecule has 1 aliphatic heterocycles. The van der Waals surface area contributed by atoms with Gasteiger partial charge in [0.05, 0.1) is 17.7 Å². The highest BCUT2D eigenvalue weighted by Gasteiger charge is 2.39. The zero-order valence-corrected chi connectivity index (χ0v) is 48.2. The third-order valence-electron chi connectivity index (χ3n) is 14.4. The molecule has 8 amide bonds. The van der Waals surface area contributed by atoms with Gasteiger partial charge in [0, 0.05) is 67.3 Å². The van der Waals surface area contributed by atoms with Gasteiger partial charge >= 0.3 is 6.18 Å². The van der Waals surface area contributed by atoms with Gasteiger partial charge in [-0.25, -0.2) is 0 Å². The molecule has 452 valence electrons. The van der Waals surface area contributed by atoms with Crippen molar-refractivity contribution in [1.82, 2.24) is 46.8 Å². The van der Waals surface area contributed by atoms with E-state index in [1.807, 2.05) is 54.6 Å². The lowest BCUT2D eigenvalue weighted by atomic mass is 10.00. The van der Waals surface area contributed by atoms with Crippen molar-refractivity contribution in [3.63, 3.8) is 0 Å². The molecule has 2 aromatic heterocycles. The normalized spacial score (nSPS) is 20.9. The van der Waals surface area contributed by atoms with E-state index in [1.165, 1.54) is 38.5 Å². The molecule has 0 radical (unpaired) electrons. The summed E-state index contributed by atoms with van der Waals surface area (Å²) >= 11 is 0. The van der Waals surface area contributed by atoms with E-state index in [0.29, 0.717) is 29.5 Å². The van der Waals surface area contributed by atoms with Crippen LogP contribution in [0, 0.1) is 0 Å². The Morgan fingerprint density at radius 1 is 0.776 bits per heavy atom. The van der Waals surface area contributed by atoms with Gasteiger partial charge in [-0.15, -0.1) is 0 Å². The van der Waals surface area contributed by atoms with E-state index in [-0.39, 0.29) is 55.7 Å². The standard InChI is InChI=1S/C59H69F3N12O9S2/c1-33(75)50-57(82)72-48(54(79)68-44(51(65)76)26-35-16-19-37-11-3-4-12-38(37)24-35)32-85-84-31-47(71-52(77)42(64)25-34-17-20-40(21-18-34)59(60,61)62)55(80)69-45(27-36-10-9-23-66-29-36)53(78)70-46(28-39-30-67-43-14-6-5-13-41(39)43)58(83)74(2)49(56(81)73-50)15-7-8-22-63/h3-6,9-14,16-21,23-24,29-30,33,42,44-50,67,75H,7-8,15,22,25-28,31-32,63-64H2,1-2H3,(H2,65,76)(H,68,79)(H,69,80)(H,70,78)(H,71,77)(H,72,82)(H,73,81)/t33-,42+,44+,45+,46-,47+,48-,49+,50-/m1/s1. The Kier molecular flexibility index (Phi) is 22.9. The molecule has 21 nitrogen and oxygen atoms in total. The zero-order chi connectivity index (χ0) is 61.4. The Bertz CT molecular complexity index is 3320. The number of amides is 8. The van der Waals surface area contributed by atoms with Gasteiger partial charge in [0.1, 0.15) is 42.3 Å². The molecule has 6 aromatic rings. The van der Waals surface area contributed by atoms with Crippen LogP contribution in [-0.4, -0.2) is 147 Å². The van der Waals surface area contributed by atoms with Gasteiger partial charge in [0.25, 0.3) is 0 Å². The second-order valence-electron chi connectivity index (χ2n) is 20.8. The number of carbonyl (C=O) groups excluding carboxylic acids is 8. The minimum atomic E-state index is -4.62. The molecule has 0 spiro atoms. The average molecular weight is 1210 g/mol. The number of H-pyrrole nitrogens is 1. The van der Waals surface area contributed by atoms with Crippen molar-refractivity contribution in [3.8, 4) is 0 Å². The number of nitrogens with one attached hydrogen (secondary N) is 7. The topological polar surface area (TPSA) is 339 Å². The number of rotatable bonds is 18. The molecule has 1 saturated heterocycles. The molecule has 14 N–H and O–H groups in total. The van der Waals surface area contributed by atoms with Crippen LogP contribution in [0.4, 0.5) is 13.2 Å². The molecular weight excluding hydrogens is 1140 g/mol. The highest BCUT2D eigenvalue weighted by Crippen LogP contribution is 2.30. The molecule has 26 heteroatoms. The van der Waals surface area contributed by atoms with Crippen molar-refractivity contribution in [3.05, 3.63) is 150 Å². The third-order valence-corrected chi connectivity index (χ3v) is 16.8. The largest absolute Gasteiger partial charge is 0.416 e. The number of para-hydroxylation sites is 1. The van der Waals surface area contributed by atoms with Crippen molar-refractivity contribution in [1.29, 1.82) is 0 Å². The van der Waals surface area contributed by atoms with Crippen LogP contribution < -0.4 is 49.1 Å². The van der Waals surface area contributed by atoms with E-state index in [0.717, 1.165) is 60.3 Å². The number of carbonyl (C=O) groups is 8. The Morgan fingerprint density at radius 2 is 1.47 bits per heavy atom. The quantitative estimate of drug-likeness (QED) is 0.0435. The van der Waals surface area contributed by atoms with Crippen LogP contribution in [-0.2, 0) is 70.2 Å². The van der Waals surface area contributed by atoms with Crippen LogP contribution in [0.3, 0.4) is 0 Å². The molecule has 4 aromatic carbocycles. The lowest BCUT2D eigenvalue weighted by Gasteiger charge is -2.33. The number of pyridine rings is 1. The number of aliphatic hydroxyl groups is 1. The number of aromatic nitrogens is 2. The molecule has 0 bridgehead atoms. The number of nitrogens with zero attached hydrogens (tertiary/aromatic N) is 2. The summed E-state index contributed by atoms with van der Waals surface area (Å²) in [6.45, 7) is 1.46. The molecule has 1 fully saturated rings. The van der Waals surface area contributed by atoms with Crippen LogP contribution in [0.1, 0.15) is 54.0 Å². The number of alkyl halides is 3. The highest BCUT2D eigenvalue weighted by atomic mass is 33.1. The fraction of sp³-hybridized carbons (Fsp3) is 0.373. The lowest BCUT2D eigenvalue weighted by Crippen LogP contribution is -2.62. The van der Waals surface area contributed by atoms with Gasteiger partial charge in [-0.05, 0) is 96.4 Å². The van der Waals surface area contributed by atoms with Gasteiger partial charge in [-0.2, -0.15) is 13.2 Å². The Labute approximate surface area is 496 Å². The monoisotopic (exact) mass is 1210 g/mol. The molecule has 9 atom stereocenters. The number of aromatic amines is 1. The fourth-order valence-electron chi connectivity index (χ4n) is 9.68. The Balaban J connectivity index is 1.26. The first-order valence-electron chi connectivity index (χ1n) is 27.4. The first kappa shape index (κ1) is 64.5. The minimum Gasteiger partial charge on any atom is -0.391 e. The summed E-state index contributed by atoms with van der Waals surface area (Å²) in [6.07, 6.45) is -1.51. The van der Waals surface area contributed by atoms with Gasteiger partial charge in [0.2, 0.25) is 47.3 Å². The molecule has 3 heterocycles. The van der Waals surface area contributed by atoms with E-state index >= 15 is 4.79 Å². The summed E-state index contributed by atoms with van der Waals surface area (Å²) in [4.78, 5) is 124. The van der Waals surface area contributed by atoms with E-state index in [1.54, 1.807) is 30.5 Å². The van der Waals surface area contributed by atoms with E-state index in [4.69, 9.17) is 17.2 Å². The number of hydrogen-bond donors (Lipinski definition) is 11. The smallest absolute Gasteiger partial charge is 0.391 e. The maximum Gasteiger partial charge on any atom is 0.416 e. The molecule has 7 rings (SSSR count). The number of primary amides is 1. The zero-order valence-electron chi connectivity index (χ0n) is 46.6.